The van der Waals surface area contributed by atoms with E-state index in [0.29, 0.717) is 11.5 Å². The van der Waals surface area contributed by atoms with Gasteiger partial charge in [-0.1, -0.05) is 45.9 Å². The Bertz CT molecular complexity index is 362. The summed E-state index contributed by atoms with van der Waals surface area (Å²) in [6.07, 6.45) is 1.76. The Morgan fingerprint density at radius 3 is 2.29 bits per heavy atom. The molecule has 0 aromatic heterocycles. The predicted octanol–water partition coefficient (Wildman–Crippen LogP) is 4.07. The van der Waals surface area contributed by atoms with Gasteiger partial charge in [0.1, 0.15) is 5.82 Å². The van der Waals surface area contributed by atoms with Crippen molar-refractivity contribution in [3.05, 3.63) is 35.6 Å². The highest BCUT2D eigenvalue weighted by Crippen LogP contribution is 2.35. The zero-order valence-corrected chi connectivity index (χ0v) is 11.3. The van der Waals surface area contributed by atoms with E-state index in [1.165, 1.54) is 6.07 Å². The SMILES string of the molecule is CCC(N)(c1ccccc1F)C(C)CC(C)C. The maximum atomic E-state index is 13.9. The summed E-state index contributed by atoms with van der Waals surface area (Å²) >= 11 is 0. The van der Waals surface area contributed by atoms with Crippen LogP contribution < -0.4 is 5.73 Å². The molecule has 1 nitrogen and oxygen atoms in total. The molecule has 0 aliphatic heterocycles. The van der Waals surface area contributed by atoms with Crippen molar-refractivity contribution < 1.29 is 4.39 Å². The molecular formula is C15H24FN. The normalized spacial score (nSPS) is 16.9. The average Bonchev–Trinajstić information content (AvgIpc) is 2.27. The van der Waals surface area contributed by atoms with Crippen LogP contribution in [0.15, 0.2) is 24.3 Å². The third kappa shape index (κ3) is 3.06. The van der Waals surface area contributed by atoms with E-state index in [1.807, 2.05) is 19.1 Å². The van der Waals surface area contributed by atoms with Gasteiger partial charge in [0.15, 0.2) is 0 Å². The van der Waals surface area contributed by atoms with Crippen molar-refractivity contribution in [2.24, 2.45) is 17.6 Å². The van der Waals surface area contributed by atoms with Crippen LogP contribution in [0.1, 0.15) is 46.1 Å². The zero-order chi connectivity index (χ0) is 13.1. The molecule has 2 unspecified atom stereocenters. The monoisotopic (exact) mass is 237 g/mol. The second kappa shape index (κ2) is 5.63. The van der Waals surface area contributed by atoms with Crippen LogP contribution in [0, 0.1) is 17.7 Å². The van der Waals surface area contributed by atoms with Gasteiger partial charge in [-0.2, -0.15) is 0 Å². The van der Waals surface area contributed by atoms with Crippen molar-refractivity contribution in [3.8, 4) is 0 Å². The third-order valence-electron chi connectivity index (χ3n) is 3.66. The Labute approximate surface area is 104 Å². The molecule has 0 saturated heterocycles. The summed E-state index contributed by atoms with van der Waals surface area (Å²) in [4.78, 5) is 0. The summed E-state index contributed by atoms with van der Waals surface area (Å²) in [5, 5.41) is 0. The molecule has 2 heteroatoms. The molecule has 1 rings (SSSR count). The fourth-order valence-electron chi connectivity index (χ4n) is 2.56. The lowest BCUT2D eigenvalue weighted by Crippen LogP contribution is -2.43. The molecule has 0 amide bonds. The molecule has 0 bridgehead atoms. The lowest BCUT2D eigenvalue weighted by molar-refractivity contribution is 0.238. The molecule has 0 aliphatic rings. The molecule has 0 saturated carbocycles. The van der Waals surface area contributed by atoms with E-state index in [2.05, 4.69) is 20.8 Å². The first-order valence-electron chi connectivity index (χ1n) is 6.45. The van der Waals surface area contributed by atoms with Crippen LogP contribution in [0.5, 0.6) is 0 Å². The Balaban J connectivity index is 3.07. The van der Waals surface area contributed by atoms with E-state index in [1.54, 1.807) is 6.07 Å². The molecule has 0 radical (unpaired) electrons. The highest BCUT2D eigenvalue weighted by molar-refractivity contribution is 5.26. The van der Waals surface area contributed by atoms with Crippen LogP contribution in [-0.2, 0) is 5.54 Å². The minimum atomic E-state index is -0.560. The van der Waals surface area contributed by atoms with Gasteiger partial charge in [-0.05, 0) is 30.7 Å². The van der Waals surface area contributed by atoms with Crippen molar-refractivity contribution >= 4 is 0 Å². The van der Waals surface area contributed by atoms with Crippen molar-refractivity contribution in [1.29, 1.82) is 0 Å². The quantitative estimate of drug-likeness (QED) is 0.820. The van der Waals surface area contributed by atoms with Crippen molar-refractivity contribution in [2.45, 2.75) is 46.1 Å². The molecule has 0 spiro atoms. The number of hydrogen-bond acceptors (Lipinski definition) is 1. The molecule has 2 atom stereocenters. The first-order chi connectivity index (χ1) is 7.91. The molecule has 96 valence electrons. The average molecular weight is 237 g/mol. The van der Waals surface area contributed by atoms with E-state index >= 15 is 0 Å². The van der Waals surface area contributed by atoms with Gasteiger partial charge < -0.3 is 5.73 Å². The van der Waals surface area contributed by atoms with Gasteiger partial charge in [-0.15, -0.1) is 0 Å². The second-order valence-corrected chi connectivity index (χ2v) is 5.40. The Morgan fingerprint density at radius 1 is 1.24 bits per heavy atom. The molecule has 2 N–H and O–H groups in total. The van der Waals surface area contributed by atoms with Crippen molar-refractivity contribution in [2.75, 3.05) is 0 Å². The van der Waals surface area contributed by atoms with Crippen molar-refractivity contribution in [3.63, 3.8) is 0 Å². The Kier molecular flexibility index (Phi) is 4.70. The van der Waals surface area contributed by atoms with Gasteiger partial charge in [0.2, 0.25) is 0 Å². The summed E-state index contributed by atoms with van der Waals surface area (Å²) < 4.78 is 13.9. The predicted molar refractivity (Wildman–Crippen MR) is 71.2 cm³/mol. The van der Waals surface area contributed by atoms with Gasteiger partial charge >= 0.3 is 0 Å². The summed E-state index contributed by atoms with van der Waals surface area (Å²) in [7, 11) is 0. The summed E-state index contributed by atoms with van der Waals surface area (Å²) in [6, 6.07) is 6.88. The summed E-state index contributed by atoms with van der Waals surface area (Å²) in [6.45, 7) is 8.50. The van der Waals surface area contributed by atoms with Gasteiger partial charge in [-0.25, -0.2) is 4.39 Å². The fraction of sp³-hybridized carbons (Fsp3) is 0.600. The highest BCUT2D eigenvalue weighted by atomic mass is 19.1. The molecular weight excluding hydrogens is 213 g/mol. The van der Waals surface area contributed by atoms with E-state index in [4.69, 9.17) is 5.73 Å². The maximum Gasteiger partial charge on any atom is 0.128 e. The maximum absolute atomic E-state index is 13.9. The van der Waals surface area contributed by atoms with Gasteiger partial charge in [0.05, 0.1) is 0 Å². The van der Waals surface area contributed by atoms with Crippen molar-refractivity contribution in [1.82, 2.24) is 0 Å². The lowest BCUT2D eigenvalue weighted by Gasteiger charge is -2.36. The van der Waals surface area contributed by atoms with Crippen LogP contribution in [0.2, 0.25) is 0 Å². The molecule has 0 aliphatic carbocycles. The zero-order valence-electron chi connectivity index (χ0n) is 11.3. The van der Waals surface area contributed by atoms with E-state index in [9.17, 15) is 4.39 Å². The van der Waals surface area contributed by atoms with Gasteiger partial charge in [0, 0.05) is 11.1 Å². The number of hydrogen-bond donors (Lipinski definition) is 1. The fourth-order valence-corrected chi connectivity index (χ4v) is 2.56. The molecule has 1 aromatic rings. The third-order valence-corrected chi connectivity index (χ3v) is 3.66. The first-order valence-corrected chi connectivity index (χ1v) is 6.45. The first kappa shape index (κ1) is 14.2. The highest BCUT2D eigenvalue weighted by Gasteiger charge is 2.34. The van der Waals surface area contributed by atoms with Gasteiger partial charge in [0.25, 0.3) is 0 Å². The number of halogens is 1. The molecule has 0 fully saturated rings. The van der Waals surface area contributed by atoms with Crippen LogP contribution in [0.4, 0.5) is 4.39 Å². The van der Waals surface area contributed by atoms with Crippen LogP contribution in [-0.4, -0.2) is 0 Å². The minimum absolute atomic E-state index is 0.188. The van der Waals surface area contributed by atoms with E-state index < -0.39 is 5.54 Å². The van der Waals surface area contributed by atoms with Crippen LogP contribution >= 0.6 is 0 Å². The van der Waals surface area contributed by atoms with Crippen LogP contribution in [0.25, 0.3) is 0 Å². The lowest BCUT2D eigenvalue weighted by atomic mass is 9.74. The Morgan fingerprint density at radius 2 is 1.82 bits per heavy atom. The second-order valence-electron chi connectivity index (χ2n) is 5.40. The summed E-state index contributed by atoms with van der Waals surface area (Å²) in [5.41, 5.74) is 6.56. The van der Waals surface area contributed by atoms with E-state index in [-0.39, 0.29) is 11.7 Å². The topological polar surface area (TPSA) is 26.0 Å². The molecule has 0 heterocycles. The number of benzene rings is 1. The number of nitrogens with two attached hydrogens (primary N) is 1. The molecule has 17 heavy (non-hydrogen) atoms. The summed E-state index contributed by atoms with van der Waals surface area (Å²) in [5.74, 6) is 0.656. The van der Waals surface area contributed by atoms with E-state index in [0.717, 1.165) is 12.8 Å². The number of rotatable bonds is 5. The Hall–Kier alpha value is -0.890. The smallest absolute Gasteiger partial charge is 0.128 e. The largest absolute Gasteiger partial charge is 0.321 e. The van der Waals surface area contributed by atoms with Crippen LogP contribution in [0.3, 0.4) is 0 Å². The minimum Gasteiger partial charge on any atom is -0.321 e. The van der Waals surface area contributed by atoms with Gasteiger partial charge in [-0.3, -0.25) is 0 Å². The molecule has 1 aromatic carbocycles. The standard InChI is InChI=1S/C15H24FN/c1-5-15(17,12(4)10-11(2)3)13-8-6-7-9-14(13)16/h6-9,11-12H,5,10,17H2,1-4H3.